The van der Waals surface area contributed by atoms with Gasteiger partial charge in [0, 0.05) is 27.6 Å². The summed E-state index contributed by atoms with van der Waals surface area (Å²) in [6, 6.07) is 0. The molecule has 1 radical (unpaired) electrons. The third-order valence-corrected chi connectivity index (χ3v) is 2.81. The van der Waals surface area contributed by atoms with Crippen molar-refractivity contribution >= 4 is 0 Å². The van der Waals surface area contributed by atoms with E-state index in [1.165, 1.54) is 28.2 Å². The largest absolute Gasteiger partial charge is 0.0589 e. The molecule has 0 heterocycles. The predicted molar refractivity (Wildman–Crippen MR) is 45.7 cm³/mol. The van der Waals surface area contributed by atoms with Crippen molar-refractivity contribution in [3.63, 3.8) is 0 Å². The Hall–Kier alpha value is 0.194. The summed E-state index contributed by atoms with van der Waals surface area (Å²) in [5.74, 6) is 1.47. The van der Waals surface area contributed by atoms with E-state index in [1.807, 2.05) is 0 Å². The fourth-order valence-corrected chi connectivity index (χ4v) is 1.41. The van der Waals surface area contributed by atoms with Crippen LogP contribution in [0.15, 0.2) is 22.3 Å². The zero-order valence-electron chi connectivity index (χ0n) is 8.00. The monoisotopic (exact) mass is 183 g/mol. The molecule has 0 aromatic heterocycles. The van der Waals surface area contributed by atoms with Crippen molar-refractivity contribution in [1.29, 1.82) is 0 Å². The fourth-order valence-electron chi connectivity index (χ4n) is 1.41. The molecule has 0 amide bonds. The van der Waals surface area contributed by atoms with Gasteiger partial charge in [-0.05, 0) is 38.8 Å². The standard InChI is InChI=1S/C10H15.Ti/c1-6-7(2)9(4)10(5)8(6)3;/h1-5H3;. The summed E-state index contributed by atoms with van der Waals surface area (Å²) < 4.78 is 0. The average Bonchev–Trinajstić information content (AvgIpc) is 2.07. The van der Waals surface area contributed by atoms with Crippen molar-refractivity contribution in [2.24, 2.45) is 0 Å². The molecular weight excluding hydrogens is 168 g/mol. The van der Waals surface area contributed by atoms with Gasteiger partial charge in [-0.2, -0.15) is 0 Å². The normalized spacial score (nSPS) is 19.4. The molecule has 0 saturated carbocycles. The Morgan fingerprint density at radius 2 is 0.818 bits per heavy atom. The molecule has 0 N–H and O–H groups in total. The van der Waals surface area contributed by atoms with E-state index in [4.69, 9.17) is 0 Å². The first-order valence-electron chi connectivity index (χ1n) is 3.75. The Morgan fingerprint density at radius 1 is 0.545 bits per heavy atom. The molecule has 0 saturated heterocycles. The zero-order valence-corrected chi connectivity index (χ0v) is 9.56. The molecule has 0 aliphatic heterocycles. The molecule has 59 valence electrons. The van der Waals surface area contributed by atoms with Gasteiger partial charge >= 0.3 is 0 Å². The van der Waals surface area contributed by atoms with Gasteiger partial charge in [0.25, 0.3) is 0 Å². The maximum absolute atomic E-state index is 2.20. The Morgan fingerprint density at radius 3 is 0.909 bits per heavy atom. The Kier molecular flexibility index (Phi) is 3.80. The first-order chi connectivity index (χ1) is 4.55. The first kappa shape index (κ1) is 11.2. The van der Waals surface area contributed by atoms with Crippen LogP contribution in [-0.4, -0.2) is 0 Å². The van der Waals surface area contributed by atoms with Crippen LogP contribution >= 0.6 is 0 Å². The van der Waals surface area contributed by atoms with Crippen molar-refractivity contribution in [1.82, 2.24) is 0 Å². The number of rotatable bonds is 0. The molecular formula is C10H15Ti. The van der Waals surface area contributed by atoms with Gasteiger partial charge in [-0.1, -0.05) is 18.1 Å². The van der Waals surface area contributed by atoms with Gasteiger partial charge in [-0.15, -0.1) is 0 Å². The molecule has 0 spiro atoms. The van der Waals surface area contributed by atoms with E-state index in [0.717, 1.165) is 0 Å². The molecule has 0 nitrogen and oxygen atoms in total. The second-order valence-corrected chi connectivity index (χ2v) is 3.12. The van der Waals surface area contributed by atoms with Gasteiger partial charge in [-0.3, -0.25) is 0 Å². The minimum atomic E-state index is 0. The maximum Gasteiger partial charge on any atom is 0.0226 e. The van der Waals surface area contributed by atoms with Crippen LogP contribution in [0.3, 0.4) is 0 Å². The Balaban J connectivity index is 0.000001000. The molecule has 1 rings (SSSR count). The second kappa shape index (κ2) is 3.73. The molecule has 0 atom stereocenters. The zero-order chi connectivity index (χ0) is 7.89. The summed E-state index contributed by atoms with van der Waals surface area (Å²) in [5, 5.41) is 0. The molecule has 0 fully saturated rings. The van der Waals surface area contributed by atoms with E-state index >= 15 is 0 Å². The second-order valence-electron chi connectivity index (χ2n) is 3.12. The van der Waals surface area contributed by atoms with Crippen molar-refractivity contribution in [3.05, 3.63) is 28.2 Å². The van der Waals surface area contributed by atoms with Gasteiger partial charge in [0.15, 0.2) is 0 Å². The van der Waals surface area contributed by atoms with E-state index in [0.29, 0.717) is 0 Å². The van der Waals surface area contributed by atoms with Gasteiger partial charge in [0.05, 0.1) is 0 Å². The van der Waals surface area contributed by atoms with Gasteiger partial charge in [0.1, 0.15) is 0 Å². The third-order valence-electron chi connectivity index (χ3n) is 2.81. The number of hydrogen-bond acceptors (Lipinski definition) is 0. The van der Waals surface area contributed by atoms with Gasteiger partial charge < -0.3 is 0 Å². The fraction of sp³-hybridized carbons (Fsp3) is 0.500. The van der Waals surface area contributed by atoms with Crippen LogP contribution in [0, 0.1) is 5.92 Å². The summed E-state index contributed by atoms with van der Waals surface area (Å²) in [6.07, 6.45) is 0. The maximum atomic E-state index is 2.20. The van der Waals surface area contributed by atoms with E-state index in [2.05, 4.69) is 34.6 Å². The van der Waals surface area contributed by atoms with Crippen molar-refractivity contribution in [2.45, 2.75) is 34.6 Å². The van der Waals surface area contributed by atoms with Gasteiger partial charge in [-0.25, -0.2) is 0 Å². The van der Waals surface area contributed by atoms with Crippen LogP contribution in [0.25, 0.3) is 0 Å². The first-order valence-corrected chi connectivity index (χ1v) is 3.75. The Bertz CT molecular complexity index is 197. The van der Waals surface area contributed by atoms with Crippen LogP contribution < -0.4 is 0 Å². The van der Waals surface area contributed by atoms with Crippen LogP contribution in [0.4, 0.5) is 0 Å². The molecule has 1 heteroatoms. The summed E-state index contributed by atoms with van der Waals surface area (Å²) >= 11 is 0. The topological polar surface area (TPSA) is 0 Å². The SMILES string of the molecule is C[C]1C(C)=C(C)C(C)=C1C.[Ti]. The number of hydrogen-bond donors (Lipinski definition) is 0. The van der Waals surface area contributed by atoms with Crippen LogP contribution in [0.2, 0.25) is 0 Å². The summed E-state index contributed by atoms with van der Waals surface area (Å²) in [5.41, 5.74) is 5.87. The minimum Gasteiger partial charge on any atom is -0.0589 e. The summed E-state index contributed by atoms with van der Waals surface area (Å²) in [4.78, 5) is 0. The van der Waals surface area contributed by atoms with E-state index in [-0.39, 0.29) is 21.7 Å². The van der Waals surface area contributed by atoms with Crippen molar-refractivity contribution < 1.29 is 21.7 Å². The molecule has 0 aromatic carbocycles. The van der Waals surface area contributed by atoms with E-state index in [1.54, 1.807) is 0 Å². The molecule has 0 bridgehead atoms. The molecule has 0 unspecified atom stereocenters. The van der Waals surface area contributed by atoms with Crippen molar-refractivity contribution in [3.8, 4) is 0 Å². The van der Waals surface area contributed by atoms with Crippen LogP contribution in [-0.2, 0) is 21.7 Å². The smallest absolute Gasteiger partial charge is 0.0226 e. The quantitative estimate of drug-likeness (QED) is 0.505. The van der Waals surface area contributed by atoms with E-state index in [9.17, 15) is 0 Å². The number of allylic oxidation sites excluding steroid dienone is 4. The molecule has 1 aliphatic carbocycles. The summed E-state index contributed by atoms with van der Waals surface area (Å²) in [6.45, 7) is 11.0. The molecule has 1 aliphatic rings. The van der Waals surface area contributed by atoms with Crippen molar-refractivity contribution in [2.75, 3.05) is 0 Å². The molecule has 0 aromatic rings. The summed E-state index contributed by atoms with van der Waals surface area (Å²) in [7, 11) is 0. The third kappa shape index (κ3) is 1.68. The Labute approximate surface area is 84.6 Å². The van der Waals surface area contributed by atoms with Gasteiger partial charge in [0.2, 0.25) is 0 Å². The molecule has 11 heavy (non-hydrogen) atoms. The predicted octanol–water partition coefficient (Wildman–Crippen LogP) is 3.26. The van der Waals surface area contributed by atoms with Crippen LogP contribution in [0.5, 0.6) is 0 Å². The van der Waals surface area contributed by atoms with Crippen LogP contribution in [0.1, 0.15) is 34.6 Å². The van der Waals surface area contributed by atoms with E-state index < -0.39 is 0 Å². The average molecular weight is 183 g/mol. The minimum absolute atomic E-state index is 0.